The van der Waals surface area contributed by atoms with Crippen LogP contribution in [-0.2, 0) is 6.54 Å². The van der Waals surface area contributed by atoms with Gasteiger partial charge in [-0.2, -0.15) is 0 Å². The fourth-order valence-corrected chi connectivity index (χ4v) is 1.18. The number of hydrogen-bond acceptors (Lipinski definition) is 3. The number of hydrogen-bond donors (Lipinski definition) is 2. The zero-order valence-corrected chi connectivity index (χ0v) is 9.80. The molecule has 0 unspecified atom stereocenters. The van der Waals surface area contributed by atoms with Crippen LogP contribution >= 0.6 is 12.4 Å². The minimum absolute atomic E-state index is 0. The lowest BCUT2D eigenvalue weighted by Crippen LogP contribution is -2.17. The lowest BCUT2D eigenvalue weighted by atomic mass is 10.2. The number of halogens is 1. The van der Waals surface area contributed by atoms with Crippen molar-refractivity contribution in [2.24, 2.45) is 0 Å². The summed E-state index contributed by atoms with van der Waals surface area (Å²) in [6.45, 7) is 1.74. The van der Waals surface area contributed by atoms with Crippen molar-refractivity contribution < 1.29 is 9.84 Å². The van der Waals surface area contributed by atoms with E-state index in [1.165, 1.54) is 0 Å². The van der Waals surface area contributed by atoms with Gasteiger partial charge in [-0.25, -0.2) is 0 Å². The first kappa shape index (κ1) is 14.8. The Labute approximate surface area is 102 Å². The Morgan fingerprint density at radius 2 is 2.25 bits per heavy atom. The molecule has 0 aliphatic heterocycles. The van der Waals surface area contributed by atoms with Gasteiger partial charge in [0.25, 0.3) is 0 Å². The van der Waals surface area contributed by atoms with Crippen LogP contribution in [0.1, 0.15) is 5.56 Å². The first-order valence-electron chi connectivity index (χ1n) is 4.83. The van der Waals surface area contributed by atoms with Crippen molar-refractivity contribution in [3.05, 3.63) is 29.8 Å². The van der Waals surface area contributed by atoms with Gasteiger partial charge in [-0.15, -0.1) is 18.8 Å². The second-order valence-corrected chi connectivity index (χ2v) is 3.04. The fraction of sp³-hybridized carbons (Fsp3) is 0.333. The smallest absolute Gasteiger partial charge is 0.148 e. The molecule has 0 bridgehead atoms. The molecule has 2 N–H and O–H groups in total. The molecule has 0 amide bonds. The van der Waals surface area contributed by atoms with Crippen LogP contribution in [0.25, 0.3) is 0 Å². The molecule has 0 aliphatic carbocycles. The van der Waals surface area contributed by atoms with E-state index in [-0.39, 0.29) is 25.6 Å². The second kappa shape index (κ2) is 9.05. The van der Waals surface area contributed by atoms with E-state index in [1.807, 2.05) is 24.3 Å². The zero-order chi connectivity index (χ0) is 10.9. The molecule has 3 nitrogen and oxygen atoms in total. The molecule has 0 saturated heterocycles. The molecular formula is C12H16ClNO2. The predicted molar refractivity (Wildman–Crippen MR) is 66.8 cm³/mol. The van der Waals surface area contributed by atoms with Crippen molar-refractivity contribution in [3.8, 4) is 18.1 Å². The summed E-state index contributed by atoms with van der Waals surface area (Å²) in [6.07, 6.45) is 5.10. The van der Waals surface area contributed by atoms with Gasteiger partial charge in [-0.3, -0.25) is 0 Å². The lowest BCUT2D eigenvalue weighted by molar-refractivity contribution is 0.292. The highest BCUT2D eigenvalue weighted by molar-refractivity contribution is 5.85. The van der Waals surface area contributed by atoms with E-state index in [9.17, 15) is 0 Å². The molecule has 0 atom stereocenters. The average Bonchev–Trinajstić information content (AvgIpc) is 2.27. The topological polar surface area (TPSA) is 41.5 Å². The molecule has 16 heavy (non-hydrogen) atoms. The summed E-state index contributed by atoms with van der Waals surface area (Å²) < 4.78 is 5.29. The highest BCUT2D eigenvalue weighted by Gasteiger charge is 1.95. The molecule has 0 aromatic heterocycles. The van der Waals surface area contributed by atoms with E-state index in [1.54, 1.807) is 0 Å². The molecule has 0 saturated carbocycles. The van der Waals surface area contributed by atoms with E-state index in [0.29, 0.717) is 13.1 Å². The number of aliphatic hydroxyl groups excluding tert-OH is 1. The number of aliphatic hydroxyl groups is 1. The van der Waals surface area contributed by atoms with Crippen molar-refractivity contribution in [2.45, 2.75) is 6.54 Å². The molecule has 0 aliphatic rings. The minimum Gasteiger partial charge on any atom is -0.481 e. The Morgan fingerprint density at radius 1 is 1.44 bits per heavy atom. The van der Waals surface area contributed by atoms with Gasteiger partial charge in [0.15, 0.2) is 0 Å². The maximum Gasteiger partial charge on any atom is 0.148 e. The lowest BCUT2D eigenvalue weighted by Gasteiger charge is -2.06. The van der Waals surface area contributed by atoms with Crippen LogP contribution in [0.2, 0.25) is 0 Å². The van der Waals surface area contributed by atoms with Gasteiger partial charge in [-0.1, -0.05) is 18.1 Å². The molecular weight excluding hydrogens is 226 g/mol. The monoisotopic (exact) mass is 241 g/mol. The fourth-order valence-electron chi connectivity index (χ4n) is 1.18. The van der Waals surface area contributed by atoms with Gasteiger partial charge in [0.1, 0.15) is 12.4 Å². The van der Waals surface area contributed by atoms with Gasteiger partial charge < -0.3 is 15.2 Å². The van der Waals surface area contributed by atoms with Crippen LogP contribution in [0.15, 0.2) is 24.3 Å². The molecule has 0 heterocycles. The Kier molecular flexibility index (Phi) is 8.36. The summed E-state index contributed by atoms with van der Waals surface area (Å²) >= 11 is 0. The molecule has 1 aromatic carbocycles. The number of ether oxygens (including phenoxy) is 1. The Hall–Kier alpha value is -1.21. The first-order valence-corrected chi connectivity index (χ1v) is 4.83. The third-order valence-corrected chi connectivity index (χ3v) is 1.84. The van der Waals surface area contributed by atoms with Gasteiger partial charge in [-0.05, 0) is 17.7 Å². The van der Waals surface area contributed by atoms with E-state index in [2.05, 4.69) is 11.2 Å². The van der Waals surface area contributed by atoms with Gasteiger partial charge in [0.05, 0.1) is 6.61 Å². The third-order valence-electron chi connectivity index (χ3n) is 1.84. The highest BCUT2D eigenvalue weighted by Crippen LogP contribution is 2.12. The van der Waals surface area contributed by atoms with Crippen molar-refractivity contribution in [1.82, 2.24) is 5.32 Å². The van der Waals surface area contributed by atoms with Crippen molar-refractivity contribution in [1.29, 1.82) is 0 Å². The van der Waals surface area contributed by atoms with Crippen molar-refractivity contribution in [2.75, 3.05) is 19.8 Å². The van der Waals surface area contributed by atoms with E-state index >= 15 is 0 Å². The molecule has 4 heteroatoms. The molecule has 1 rings (SSSR count). The van der Waals surface area contributed by atoms with Gasteiger partial charge in [0.2, 0.25) is 0 Å². The molecule has 88 valence electrons. The normalized spacial score (nSPS) is 9.00. The maximum atomic E-state index is 8.61. The SMILES string of the molecule is C#CCOc1cccc(CNCCO)c1.Cl. The van der Waals surface area contributed by atoms with Gasteiger partial charge >= 0.3 is 0 Å². The van der Waals surface area contributed by atoms with Crippen molar-refractivity contribution in [3.63, 3.8) is 0 Å². The van der Waals surface area contributed by atoms with Crippen LogP contribution in [0.4, 0.5) is 0 Å². The Morgan fingerprint density at radius 3 is 2.94 bits per heavy atom. The van der Waals surface area contributed by atoms with Crippen molar-refractivity contribution >= 4 is 12.4 Å². The van der Waals surface area contributed by atoms with Crippen LogP contribution in [-0.4, -0.2) is 24.9 Å². The second-order valence-electron chi connectivity index (χ2n) is 3.04. The summed E-state index contributed by atoms with van der Waals surface area (Å²) in [7, 11) is 0. The standard InChI is InChI=1S/C12H15NO2.ClH/c1-2-8-15-12-5-3-4-11(9-12)10-13-6-7-14;/h1,3-5,9,13-14H,6-8,10H2;1H. The third kappa shape index (κ3) is 5.62. The van der Waals surface area contributed by atoms with Crippen LogP contribution in [0.3, 0.4) is 0 Å². The van der Waals surface area contributed by atoms with Crippen LogP contribution < -0.4 is 10.1 Å². The van der Waals surface area contributed by atoms with E-state index < -0.39 is 0 Å². The number of rotatable bonds is 6. The number of benzene rings is 1. The number of terminal acetylenes is 1. The quantitative estimate of drug-likeness (QED) is 0.581. The van der Waals surface area contributed by atoms with Gasteiger partial charge in [0, 0.05) is 13.1 Å². The summed E-state index contributed by atoms with van der Waals surface area (Å²) in [5.41, 5.74) is 1.11. The Balaban J connectivity index is 0.00000225. The summed E-state index contributed by atoms with van der Waals surface area (Å²) in [4.78, 5) is 0. The van der Waals surface area contributed by atoms with Crippen LogP contribution in [0, 0.1) is 12.3 Å². The summed E-state index contributed by atoms with van der Waals surface area (Å²) in [5, 5.41) is 11.7. The average molecular weight is 242 g/mol. The number of nitrogens with one attached hydrogen (secondary N) is 1. The predicted octanol–water partition coefficient (Wildman–Crippen LogP) is 1.20. The summed E-state index contributed by atoms with van der Waals surface area (Å²) in [6, 6.07) is 7.71. The molecule has 0 radical (unpaired) electrons. The van der Waals surface area contributed by atoms with Crippen LogP contribution in [0.5, 0.6) is 5.75 Å². The Bertz CT molecular complexity index is 336. The first-order chi connectivity index (χ1) is 7.36. The molecule has 0 spiro atoms. The molecule has 0 fully saturated rings. The zero-order valence-electron chi connectivity index (χ0n) is 8.98. The highest BCUT2D eigenvalue weighted by atomic mass is 35.5. The van der Waals surface area contributed by atoms with E-state index in [4.69, 9.17) is 16.3 Å². The molecule has 1 aromatic rings. The van der Waals surface area contributed by atoms with E-state index in [0.717, 1.165) is 11.3 Å². The minimum atomic E-state index is 0. The summed E-state index contributed by atoms with van der Waals surface area (Å²) in [5.74, 6) is 3.19. The largest absolute Gasteiger partial charge is 0.481 e. The maximum absolute atomic E-state index is 8.61.